The molecule has 94 heavy (non-hydrogen) atoms. The maximum absolute atomic E-state index is 13.5. The Morgan fingerprint density at radius 2 is 0.766 bits per heavy atom. The molecule has 0 radical (unpaired) electrons. The lowest BCUT2D eigenvalue weighted by Gasteiger charge is -2.41. The Labute approximate surface area is 576 Å². The Morgan fingerprint density at radius 3 is 1.17 bits per heavy atom. The maximum atomic E-state index is 13.5. The fourth-order valence-corrected chi connectivity index (χ4v) is 11.5. The average molecular weight is 1320 g/mol. The van der Waals surface area contributed by atoms with Crippen molar-refractivity contribution >= 4 is 11.9 Å². The number of carbonyl (C=O) groups excluding carboxylic acids is 2. The first kappa shape index (κ1) is 88.1. The normalized spacial score (nSPS) is 18.5. The third kappa shape index (κ3) is 55.1. The zero-order chi connectivity index (χ0) is 68.1. The summed E-state index contributed by atoms with van der Waals surface area (Å²) < 4.78 is 17.7. The van der Waals surface area contributed by atoms with Crippen molar-refractivity contribution in [2.45, 2.75) is 378 Å². The second-order valence-corrected chi connectivity index (χ2v) is 26.4. The van der Waals surface area contributed by atoms with Crippen LogP contribution in [0.5, 0.6) is 0 Å². The SMILES string of the molecule is CC/C=C\C/C=C\C/C=C\C/C=C\C/C=C\CCCCCCCCCCCCCC(=O)OC1C(OCC(NC(=O)C(O)CCCCCCCCCCCC/C=C\C/C=C\C/C=C\C/C=C\CCCCC)C(O)/C=C/CCCCCCCCCCCC)OC(CO)C(O)C1O. The molecular formula is C83H143NO10. The molecular weight excluding hydrogens is 1170 g/mol. The fraction of sp³-hybridized carbons (Fsp3) is 0.735. The van der Waals surface area contributed by atoms with E-state index in [2.05, 4.69) is 135 Å². The van der Waals surface area contributed by atoms with Gasteiger partial charge in [0.1, 0.15) is 24.4 Å². The summed E-state index contributed by atoms with van der Waals surface area (Å²) in [5.41, 5.74) is 0. The number of hydrogen-bond acceptors (Lipinski definition) is 10. The molecule has 8 atom stereocenters. The van der Waals surface area contributed by atoms with Gasteiger partial charge in [-0.3, -0.25) is 9.59 Å². The van der Waals surface area contributed by atoms with Crippen molar-refractivity contribution in [1.29, 1.82) is 0 Å². The molecule has 0 spiro atoms. The van der Waals surface area contributed by atoms with E-state index in [1.807, 2.05) is 6.08 Å². The van der Waals surface area contributed by atoms with Crippen LogP contribution in [-0.2, 0) is 23.8 Å². The van der Waals surface area contributed by atoms with Crippen molar-refractivity contribution in [3.05, 3.63) is 122 Å². The van der Waals surface area contributed by atoms with E-state index in [9.17, 15) is 35.1 Å². The molecule has 1 fully saturated rings. The van der Waals surface area contributed by atoms with E-state index >= 15 is 0 Å². The molecule has 1 aliphatic rings. The van der Waals surface area contributed by atoms with Crippen LogP contribution in [0.4, 0.5) is 0 Å². The van der Waals surface area contributed by atoms with E-state index in [4.69, 9.17) is 14.2 Å². The molecule has 1 saturated heterocycles. The topological polar surface area (TPSA) is 175 Å². The van der Waals surface area contributed by atoms with Gasteiger partial charge in [-0.15, -0.1) is 0 Å². The van der Waals surface area contributed by atoms with Gasteiger partial charge in [-0.05, 0) is 116 Å². The summed E-state index contributed by atoms with van der Waals surface area (Å²) in [5.74, 6) is -1.20. The number of amides is 1. The summed E-state index contributed by atoms with van der Waals surface area (Å²) in [4.78, 5) is 26.8. The molecule has 0 aromatic carbocycles. The van der Waals surface area contributed by atoms with Gasteiger partial charge in [0.05, 0.1) is 25.4 Å². The maximum Gasteiger partial charge on any atom is 0.306 e. The smallest absolute Gasteiger partial charge is 0.306 e. The molecule has 0 aliphatic carbocycles. The molecule has 540 valence electrons. The lowest BCUT2D eigenvalue weighted by Crippen LogP contribution is -2.61. The van der Waals surface area contributed by atoms with Crippen molar-refractivity contribution in [3.8, 4) is 0 Å². The predicted octanol–water partition coefficient (Wildman–Crippen LogP) is 20.9. The van der Waals surface area contributed by atoms with Gasteiger partial charge < -0.3 is 45.1 Å². The van der Waals surface area contributed by atoms with Crippen LogP contribution in [0.15, 0.2) is 122 Å². The number of carbonyl (C=O) groups is 2. The summed E-state index contributed by atoms with van der Waals surface area (Å²) in [6.07, 6.45) is 86.6. The number of unbranched alkanes of at least 4 members (excludes halogenated alkanes) is 34. The van der Waals surface area contributed by atoms with Gasteiger partial charge in [0.15, 0.2) is 12.4 Å². The zero-order valence-electron chi connectivity index (χ0n) is 60.3. The monoisotopic (exact) mass is 1310 g/mol. The van der Waals surface area contributed by atoms with Crippen LogP contribution in [0.2, 0.25) is 0 Å². The van der Waals surface area contributed by atoms with Crippen LogP contribution < -0.4 is 5.32 Å². The summed E-state index contributed by atoms with van der Waals surface area (Å²) in [7, 11) is 0. The van der Waals surface area contributed by atoms with Gasteiger partial charge in [-0.2, -0.15) is 0 Å². The van der Waals surface area contributed by atoms with E-state index in [0.29, 0.717) is 12.8 Å². The summed E-state index contributed by atoms with van der Waals surface area (Å²) >= 11 is 0. The first-order valence-electron chi connectivity index (χ1n) is 38.8. The number of rotatable bonds is 66. The van der Waals surface area contributed by atoms with Gasteiger partial charge in [0.2, 0.25) is 5.91 Å². The minimum atomic E-state index is -1.62. The van der Waals surface area contributed by atoms with Gasteiger partial charge in [0.25, 0.3) is 0 Å². The molecule has 11 heteroatoms. The molecule has 1 amide bonds. The van der Waals surface area contributed by atoms with Gasteiger partial charge in [-0.1, -0.05) is 328 Å². The van der Waals surface area contributed by atoms with Crippen LogP contribution in [-0.4, -0.2) is 99.6 Å². The summed E-state index contributed by atoms with van der Waals surface area (Å²) in [6, 6.07) is -1.03. The Balaban J connectivity index is 2.52. The number of aliphatic hydroxyl groups excluding tert-OH is 5. The molecule has 0 saturated carbocycles. The van der Waals surface area contributed by atoms with E-state index < -0.39 is 67.4 Å². The zero-order valence-corrected chi connectivity index (χ0v) is 60.3. The number of nitrogens with one attached hydrogen (secondary N) is 1. The molecule has 8 unspecified atom stereocenters. The van der Waals surface area contributed by atoms with Gasteiger partial charge in [0, 0.05) is 6.42 Å². The highest BCUT2D eigenvalue weighted by atomic mass is 16.7. The highest BCUT2D eigenvalue weighted by molar-refractivity contribution is 5.80. The van der Waals surface area contributed by atoms with Crippen molar-refractivity contribution < 1.29 is 49.3 Å². The second kappa shape index (κ2) is 69.0. The molecule has 1 heterocycles. The van der Waals surface area contributed by atoms with Crippen molar-refractivity contribution in [2.75, 3.05) is 13.2 Å². The minimum absolute atomic E-state index is 0.114. The van der Waals surface area contributed by atoms with Crippen LogP contribution >= 0.6 is 0 Å². The third-order valence-electron chi connectivity index (χ3n) is 17.6. The number of esters is 1. The largest absolute Gasteiger partial charge is 0.454 e. The third-order valence-corrected chi connectivity index (χ3v) is 17.6. The fourth-order valence-electron chi connectivity index (χ4n) is 11.5. The summed E-state index contributed by atoms with van der Waals surface area (Å²) in [6.45, 7) is 5.68. The van der Waals surface area contributed by atoms with E-state index in [1.165, 1.54) is 161 Å². The van der Waals surface area contributed by atoms with Crippen LogP contribution in [0.3, 0.4) is 0 Å². The number of allylic oxidation sites excluding steroid dienone is 19. The van der Waals surface area contributed by atoms with Crippen LogP contribution in [0.25, 0.3) is 0 Å². The molecule has 0 bridgehead atoms. The standard InChI is InChI=1S/C83H143NO10/c1-4-7-10-13-16-19-22-25-27-29-31-33-35-37-39-41-43-45-47-49-51-53-56-59-62-65-68-71-78(88)94-81-80(90)79(89)77(72-85)93-83(81)92-73-74(75(86)69-66-63-60-57-54-24-21-18-15-12-9-6-3)84-82(91)76(87)70-67-64-61-58-55-52-50-48-46-44-42-40-38-36-34-32-30-28-26-23-20-17-14-11-8-5-2/h7,10,16-17,19-20,25-28,31-34,37-40,66,69,74-77,79-81,83,85-87,89-90H,4-6,8-9,11-15,18,21-24,29-30,35-36,41-65,67-68,70-73H2,1-3H3,(H,84,91)/b10-7-,19-16-,20-17-,27-25-,28-26-,33-31-,34-32-,39-37-,40-38-,69-66+. The molecule has 0 aromatic rings. The van der Waals surface area contributed by atoms with Gasteiger partial charge in [-0.25, -0.2) is 0 Å². The summed E-state index contributed by atoms with van der Waals surface area (Å²) in [5, 5.41) is 57.4. The lowest BCUT2D eigenvalue weighted by atomic mass is 9.99. The Morgan fingerprint density at radius 1 is 0.426 bits per heavy atom. The Kier molecular flexibility index (Phi) is 64.6. The van der Waals surface area contributed by atoms with Crippen LogP contribution in [0, 0.1) is 0 Å². The molecule has 0 aromatic heterocycles. The van der Waals surface area contributed by atoms with E-state index in [-0.39, 0.29) is 19.4 Å². The average Bonchev–Trinajstić information content (AvgIpc) is 0.814. The number of hydrogen-bond donors (Lipinski definition) is 6. The highest BCUT2D eigenvalue weighted by Gasteiger charge is 2.47. The van der Waals surface area contributed by atoms with Crippen molar-refractivity contribution in [3.63, 3.8) is 0 Å². The molecule has 1 rings (SSSR count). The Bertz CT molecular complexity index is 2000. The highest BCUT2D eigenvalue weighted by Crippen LogP contribution is 2.26. The van der Waals surface area contributed by atoms with E-state index in [1.54, 1.807) is 6.08 Å². The van der Waals surface area contributed by atoms with Crippen LogP contribution in [0.1, 0.15) is 329 Å². The first-order valence-corrected chi connectivity index (χ1v) is 38.8. The molecule has 6 N–H and O–H groups in total. The van der Waals surface area contributed by atoms with E-state index in [0.717, 1.165) is 122 Å². The quantitative estimate of drug-likeness (QED) is 0.0195. The van der Waals surface area contributed by atoms with Crippen molar-refractivity contribution in [1.82, 2.24) is 5.32 Å². The second-order valence-electron chi connectivity index (χ2n) is 26.4. The van der Waals surface area contributed by atoms with Crippen molar-refractivity contribution in [2.24, 2.45) is 0 Å². The lowest BCUT2D eigenvalue weighted by molar-refractivity contribution is -0.305. The minimum Gasteiger partial charge on any atom is -0.454 e. The molecule has 1 aliphatic heterocycles. The Hall–Kier alpha value is -3.94. The van der Waals surface area contributed by atoms with Gasteiger partial charge >= 0.3 is 5.97 Å². The predicted molar refractivity (Wildman–Crippen MR) is 398 cm³/mol. The molecule has 11 nitrogen and oxygen atoms in total. The number of ether oxygens (including phenoxy) is 3. The number of aliphatic hydroxyl groups is 5. The first-order chi connectivity index (χ1) is 46.2.